The Kier molecular flexibility index (Phi) is 13.1. The van der Waals surface area contributed by atoms with E-state index in [-0.39, 0.29) is 66.3 Å². The molecule has 1 rings (SSSR count). The van der Waals surface area contributed by atoms with Gasteiger partial charge in [-0.25, -0.2) is 9.59 Å². The maximum atomic E-state index is 12.4. The topological polar surface area (TPSA) is 147 Å². The third kappa shape index (κ3) is 16.5. The lowest BCUT2D eigenvalue weighted by Gasteiger charge is -2.22. The Morgan fingerprint density at radius 1 is 0.805 bits per heavy atom. The number of carbonyl (C=O) groups is 4. The third-order valence-corrected chi connectivity index (χ3v) is 5.04. The molecule has 2 atom stereocenters. The average molecular weight is 582 g/mol. The van der Waals surface area contributed by atoms with Crippen LogP contribution in [0.25, 0.3) is 0 Å². The van der Waals surface area contributed by atoms with Crippen LogP contribution in [0.4, 0.5) is 9.59 Å². The summed E-state index contributed by atoms with van der Waals surface area (Å²) in [5.41, 5.74) is -0.363. The molecule has 0 heterocycles. The Hall–Kier alpha value is -3.34. The fraction of sp³-hybridized carbons (Fsp3) is 0.667. The monoisotopic (exact) mass is 581 g/mol. The van der Waals surface area contributed by atoms with Crippen LogP contribution in [0.15, 0.2) is 18.2 Å². The highest BCUT2D eigenvalue weighted by atomic mass is 16.7. The second kappa shape index (κ2) is 15.0. The summed E-state index contributed by atoms with van der Waals surface area (Å²) in [5, 5.41) is 12.7. The fourth-order valence-electron chi connectivity index (χ4n) is 3.16. The number of carboxylic acid groups (broad SMARTS) is 1. The number of rotatable bonds is 12. The number of aliphatic carboxylic acids is 1. The number of hydrogen-bond donors (Lipinski definition) is 2. The third-order valence-electron chi connectivity index (χ3n) is 5.04. The van der Waals surface area contributed by atoms with E-state index in [0.29, 0.717) is 5.56 Å². The molecule has 0 saturated carbocycles. The molecule has 41 heavy (non-hydrogen) atoms. The molecule has 11 heteroatoms. The second-order valence-electron chi connectivity index (χ2n) is 13.7. The quantitative estimate of drug-likeness (QED) is 0.176. The summed E-state index contributed by atoms with van der Waals surface area (Å²) < 4.78 is 26.3. The van der Waals surface area contributed by atoms with Gasteiger partial charge in [0.1, 0.15) is 12.1 Å². The van der Waals surface area contributed by atoms with Crippen molar-refractivity contribution in [3.05, 3.63) is 23.8 Å². The van der Waals surface area contributed by atoms with Crippen molar-refractivity contribution < 1.29 is 48.0 Å². The highest BCUT2D eigenvalue weighted by Gasteiger charge is 2.24. The number of carbonyl (C=O) groups excluding carboxylic acids is 3. The van der Waals surface area contributed by atoms with E-state index in [1.807, 2.05) is 62.3 Å². The lowest BCUT2D eigenvalue weighted by Crippen LogP contribution is -2.42. The molecule has 11 nitrogen and oxygen atoms in total. The van der Waals surface area contributed by atoms with Crippen LogP contribution in [0.3, 0.4) is 0 Å². The zero-order valence-electron chi connectivity index (χ0n) is 26.0. The zero-order valence-corrected chi connectivity index (χ0v) is 26.0. The predicted octanol–water partition coefficient (Wildman–Crippen LogP) is 5.76. The number of carboxylic acids is 1. The van der Waals surface area contributed by atoms with Crippen LogP contribution in [0.5, 0.6) is 11.5 Å². The number of ether oxygens (including phenoxy) is 5. The van der Waals surface area contributed by atoms with E-state index < -0.39 is 30.4 Å². The smallest absolute Gasteiger partial charge is 0.480 e. The molecule has 0 aromatic heterocycles. The van der Waals surface area contributed by atoms with Gasteiger partial charge in [0.15, 0.2) is 11.5 Å². The molecule has 0 spiro atoms. The Morgan fingerprint density at radius 2 is 1.32 bits per heavy atom. The summed E-state index contributed by atoms with van der Waals surface area (Å²) in [6.07, 6.45) is -2.33. The molecule has 232 valence electrons. The molecular weight excluding hydrogens is 534 g/mol. The van der Waals surface area contributed by atoms with Gasteiger partial charge in [-0.2, -0.15) is 0 Å². The van der Waals surface area contributed by atoms with Gasteiger partial charge in [-0.05, 0) is 47.3 Å². The largest absolute Gasteiger partial charge is 0.513 e. The van der Waals surface area contributed by atoms with Crippen LogP contribution in [-0.2, 0) is 30.2 Å². The van der Waals surface area contributed by atoms with E-state index in [1.54, 1.807) is 13.0 Å². The summed E-state index contributed by atoms with van der Waals surface area (Å²) in [6, 6.07) is 3.28. The van der Waals surface area contributed by atoms with E-state index in [1.165, 1.54) is 12.1 Å². The number of nitrogens with one attached hydrogen (secondary N) is 1. The summed E-state index contributed by atoms with van der Waals surface area (Å²) in [5.74, 6) is -1.73. The number of hydrogen-bond acceptors (Lipinski definition) is 10. The minimum absolute atomic E-state index is 0.0137. The van der Waals surface area contributed by atoms with Gasteiger partial charge in [-0.15, -0.1) is 0 Å². The van der Waals surface area contributed by atoms with Crippen LogP contribution in [-0.4, -0.2) is 61.3 Å². The molecule has 0 amide bonds. The Bertz CT molecular complexity index is 1050. The van der Waals surface area contributed by atoms with E-state index >= 15 is 0 Å². The van der Waals surface area contributed by atoms with Crippen LogP contribution < -0.4 is 14.8 Å². The van der Waals surface area contributed by atoms with Crippen molar-refractivity contribution in [2.24, 2.45) is 16.2 Å². The van der Waals surface area contributed by atoms with Crippen molar-refractivity contribution in [2.75, 3.05) is 19.8 Å². The molecule has 0 aliphatic heterocycles. The van der Waals surface area contributed by atoms with E-state index in [9.17, 15) is 24.3 Å². The fourth-order valence-corrected chi connectivity index (χ4v) is 3.16. The SMILES string of the molecule is CC(CN[C@@H](Cc1ccc(OC(=O)OCC(C)(C)C)c(OC(=O)OCC(C)(C)C)c1)C(=O)O)OC(=O)CC(C)(C)C. The first-order chi connectivity index (χ1) is 18.6. The van der Waals surface area contributed by atoms with Crippen molar-refractivity contribution in [1.29, 1.82) is 0 Å². The maximum absolute atomic E-state index is 12.4. The minimum atomic E-state index is -1.13. The highest BCUT2D eigenvalue weighted by Crippen LogP contribution is 2.30. The summed E-state index contributed by atoms with van der Waals surface area (Å²) in [7, 11) is 0. The minimum Gasteiger partial charge on any atom is -0.480 e. The summed E-state index contributed by atoms with van der Waals surface area (Å²) >= 11 is 0. The molecule has 1 unspecified atom stereocenters. The Morgan fingerprint density at radius 3 is 1.78 bits per heavy atom. The van der Waals surface area contributed by atoms with Gasteiger partial charge < -0.3 is 34.1 Å². The predicted molar refractivity (Wildman–Crippen MR) is 152 cm³/mol. The van der Waals surface area contributed by atoms with Crippen molar-refractivity contribution in [2.45, 2.75) is 94.2 Å². The molecule has 0 aliphatic carbocycles. The molecule has 2 N–H and O–H groups in total. The molecule has 0 bridgehead atoms. The average Bonchev–Trinajstić information content (AvgIpc) is 2.78. The molecule has 0 saturated heterocycles. The van der Waals surface area contributed by atoms with Crippen molar-refractivity contribution >= 4 is 24.2 Å². The zero-order chi connectivity index (χ0) is 31.6. The molecule has 1 aromatic rings. The lowest BCUT2D eigenvalue weighted by molar-refractivity contribution is -0.150. The Labute approximate surface area is 243 Å². The van der Waals surface area contributed by atoms with Gasteiger partial charge in [-0.3, -0.25) is 9.59 Å². The van der Waals surface area contributed by atoms with Crippen LogP contribution >= 0.6 is 0 Å². The molecule has 0 aliphatic rings. The summed E-state index contributed by atoms with van der Waals surface area (Å²) in [6.45, 7) is 19.0. The van der Waals surface area contributed by atoms with Gasteiger partial charge in [0.25, 0.3) is 0 Å². The second-order valence-corrected chi connectivity index (χ2v) is 13.7. The number of esters is 1. The van der Waals surface area contributed by atoms with Crippen molar-refractivity contribution in [1.82, 2.24) is 5.32 Å². The van der Waals surface area contributed by atoms with Gasteiger partial charge in [0.05, 0.1) is 19.6 Å². The van der Waals surface area contributed by atoms with Gasteiger partial charge in [-0.1, -0.05) is 68.4 Å². The van der Waals surface area contributed by atoms with Crippen molar-refractivity contribution in [3.8, 4) is 11.5 Å². The summed E-state index contributed by atoms with van der Waals surface area (Å²) in [4.78, 5) is 48.7. The van der Waals surface area contributed by atoms with Gasteiger partial charge in [0, 0.05) is 6.54 Å². The highest BCUT2D eigenvalue weighted by molar-refractivity contribution is 5.74. The van der Waals surface area contributed by atoms with Crippen LogP contribution in [0.2, 0.25) is 0 Å². The number of benzene rings is 1. The van der Waals surface area contributed by atoms with E-state index in [2.05, 4.69) is 5.32 Å². The molecule has 0 fully saturated rings. The van der Waals surface area contributed by atoms with Crippen molar-refractivity contribution in [3.63, 3.8) is 0 Å². The van der Waals surface area contributed by atoms with E-state index in [4.69, 9.17) is 23.7 Å². The first kappa shape index (κ1) is 35.7. The van der Waals surface area contributed by atoms with Crippen LogP contribution in [0, 0.1) is 16.2 Å². The van der Waals surface area contributed by atoms with Gasteiger partial charge in [0.2, 0.25) is 0 Å². The first-order valence-electron chi connectivity index (χ1n) is 13.6. The molecule has 1 aromatic carbocycles. The molecule has 0 radical (unpaired) electrons. The molecular formula is C30H47NO10. The lowest BCUT2D eigenvalue weighted by atomic mass is 9.92. The normalized spacial score (nSPS) is 13.5. The Balaban J connectivity index is 3.03. The maximum Gasteiger partial charge on any atom is 0.513 e. The van der Waals surface area contributed by atoms with E-state index in [0.717, 1.165) is 0 Å². The van der Waals surface area contributed by atoms with Gasteiger partial charge >= 0.3 is 24.2 Å². The van der Waals surface area contributed by atoms with Crippen LogP contribution in [0.1, 0.15) is 81.2 Å². The first-order valence-corrected chi connectivity index (χ1v) is 13.6. The standard InChI is InChI=1S/C30H47NO10/c1-19(39-24(32)15-28(2,3)4)16-31-21(25(33)34)13-20-11-12-22(40-26(35)37-17-29(5,6)7)23(14-20)41-27(36)38-18-30(8,9)10/h11-12,14,19,21,31H,13,15-18H2,1-10H3,(H,33,34)/t19?,21-/m0/s1.